The van der Waals surface area contributed by atoms with Gasteiger partial charge in [0.25, 0.3) is 0 Å². The van der Waals surface area contributed by atoms with Gasteiger partial charge in [-0.05, 0) is 30.5 Å². The number of fused-ring (bicyclic) bond motifs is 1. The largest absolute Gasteiger partial charge is 0.489 e. The van der Waals surface area contributed by atoms with Gasteiger partial charge in [-0.15, -0.1) is 0 Å². The predicted octanol–water partition coefficient (Wildman–Crippen LogP) is 3.16. The third-order valence-electron chi connectivity index (χ3n) is 4.20. The molecule has 1 aliphatic heterocycles. The second-order valence-corrected chi connectivity index (χ2v) is 6.81. The molecule has 0 radical (unpaired) electrons. The van der Waals surface area contributed by atoms with E-state index in [1.807, 2.05) is 26.0 Å². The first kappa shape index (κ1) is 13.1. The number of hydrogen-bond donors (Lipinski definition) is 1. The maximum atomic E-state index is 9.48. The molecular formula is C15H19ClO3. The third-order valence-corrected chi connectivity index (χ3v) is 4.48. The Kier molecular flexibility index (Phi) is 2.95. The lowest BCUT2D eigenvalue weighted by Gasteiger charge is -2.24. The highest BCUT2D eigenvalue weighted by Crippen LogP contribution is 2.50. The van der Waals surface area contributed by atoms with Crippen LogP contribution in [0.3, 0.4) is 0 Å². The topological polar surface area (TPSA) is 38.7 Å². The van der Waals surface area contributed by atoms with Crippen molar-refractivity contribution in [1.82, 2.24) is 0 Å². The van der Waals surface area contributed by atoms with Crippen molar-refractivity contribution in [2.45, 2.75) is 32.1 Å². The van der Waals surface area contributed by atoms with Crippen LogP contribution in [-0.4, -0.2) is 24.9 Å². The van der Waals surface area contributed by atoms with Crippen LogP contribution in [0, 0.1) is 5.41 Å². The second-order valence-electron chi connectivity index (χ2n) is 6.40. The Hall–Kier alpha value is -0.930. The van der Waals surface area contributed by atoms with Gasteiger partial charge in [0, 0.05) is 10.8 Å². The van der Waals surface area contributed by atoms with Gasteiger partial charge in [0.05, 0.1) is 24.8 Å². The molecule has 2 aliphatic rings. The molecule has 1 heterocycles. The molecule has 1 N–H and O–H groups in total. The summed E-state index contributed by atoms with van der Waals surface area (Å²) >= 11 is 6.31. The highest BCUT2D eigenvalue weighted by atomic mass is 35.5. The molecule has 0 atom stereocenters. The minimum atomic E-state index is -0.342. The summed E-state index contributed by atoms with van der Waals surface area (Å²) in [6, 6.07) is 3.81. The van der Waals surface area contributed by atoms with Gasteiger partial charge in [0.2, 0.25) is 0 Å². The SMILES string of the molecule is CC(C)(CO)c1cc(Cl)c2c(c1)OCC1(CC1)CO2. The fourth-order valence-electron chi connectivity index (χ4n) is 2.26. The van der Waals surface area contributed by atoms with Crippen molar-refractivity contribution in [3.63, 3.8) is 0 Å². The predicted molar refractivity (Wildman–Crippen MR) is 74.2 cm³/mol. The van der Waals surface area contributed by atoms with Crippen molar-refractivity contribution in [1.29, 1.82) is 0 Å². The van der Waals surface area contributed by atoms with Gasteiger partial charge in [-0.1, -0.05) is 25.4 Å². The Labute approximate surface area is 118 Å². The Bertz CT molecular complexity index is 506. The van der Waals surface area contributed by atoms with Gasteiger partial charge < -0.3 is 14.6 Å². The van der Waals surface area contributed by atoms with E-state index in [1.165, 1.54) is 0 Å². The Morgan fingerprint density at radius 1 is 1.26 bits per heavy atom. The summed E-state index contributed by atoms with van der Waals surface area (Å²) in [7, 11) is 0. The summed E-state index contributed by atoms with van der Waals surface area (Å²) in [5.41, 5.74) is 0.828. The fraction of sp³-hybridized carbons (Fsp3) is 0.600. The van der Waals surface area contributed by atoms with E-state index < -0.39 is 0 Å². The van der Waals surface area contributed by atoms with Crippen LogP contribution >= 0.6 is 11.6 Å². The number of aliphatic hydroxyl groups excluding tert-OH is 1. The van der Waals surface area contributed by atoms with Gasteiger partial charge in [-0.25, -0.2) is 0 Å². The first-order chi connectivity index (χ1) is 8.96. The Morgan fingerprint density at radius 2 is 1.95 bits per heavy atom. The maximum absolute atomic E-state index is 9.48. The van der Waals surface area contributed by atoms with Crippen LogP contribution in [0.2, 0.25) is 5.02 Å². The average molecular weight is 283 g/mol. The summed E-state index contributed by atoms with van der Waals surface area (Å²) in [6.45, 7) is 5.39. The molecule has 0 saturated heterocycles. The molecular weight excluding hydrogens is 264 g/mol. The monoisotopic (exact) mass is 282 g/mol. The summed E-state index contributed by atoms with van der Waals surface area (Å²) in [4.78, 5) is 0. The second kappa shape index (κ2) is 4.29. The lowest BCUT2D eigenvalue weighted by Crippen LogP contribution is -2.22. The highest BCUT2D eigenvalue weighted by molar-refractivity contribution is 6.32. The van der Waals surface area contributed by atoms with E-state index in [9.17, 15) is 5.11 Å². The Balaban J connectivity index is 1.98. The first-order valence-corrected chi connectivity index (χ1v) is 7.04. The van der Waals surface area contributed by atoms with Crippen LogP contribution in [0.4, 0.5) is 0 Å². The molecule has 1 aliphatic carbocycles. The van der Waals surface area contributed by atoms with Crippen molar-refractivity contribution in [3.8, 4) is 11.5 Å². The Morgan fingerprint density at radius 3 is 2.58 bits per heavy atom. The third kappa shape index (κ3) is 2.30. The minimum Gasteiger partial charge on any atom is -0.489 e. The molecule has 1 saturated carbocycles. The van der Waals surface area contributed by atoms with Crippen LogP contribution in [0.15, 0.2) is 12.1 Å². The summed E-state index contributed by atoms with van der Waals surface area (Å²) < 4.78 is 11.7. The fourth-order valence-corrected chi connectivity index (χ4v) is 2.53. The number of halogens is 1. The van der Waals surface area contributed by atoms with Crippen molar-refractivity contribution >= 4 is 11.6 Å². The molecule has 104 valence electrons. The van der Waals surface area contributed by atoms with Crippen molar-refractivity contribution in [2.75, 3.05) is 19.8 Å². The van der Waals surface area contributed by atoms with Crippen LogP contribution in [0.1, 0.15) is 32.3 Å². The molecule has 0 unspecified atom stereocenters. The number of rotatable bonds is 2. The lowest BCUT2D eigenvalue weighted by molar-refractivity contribution is 0.196. The van der Waals surface area contributed by atoms with Crippen LogP contribution in [0.25, 0.3) is 0 Å². The molecule has 1 aromatic carbocycles. The summed E-state index contributed by atoms with van der Waals surface area (Å²) in [6.07, 6.45) is 2.32. The van der Waals surface area contributed by atoms with Gasteiger partial charge in [-0.2, -0.15) is 0 Å². The molecule has 1 aromatic rings. The van der Waals surface area contributed by atoms with Crippen LogP contribution in [-0.2, 0) is 5.41 Å². The van der Waals surface area contributed by atoms with E-state index in [4.69, 9.17) is 21.1 Å². The van der Waals surface area contributed by atoms with E-state index >= 15 is 0 Å². The molecule has 19 heavy (non-hydrogen) atoms. The smallest absolute Gasteiger partial charge is 0.179 e. The standard InChI is InChI=1S/C15H19ClO3/c1-14(2,7-17)10-5-11(16)13-12(6-10)18-8-15(3-4-15)9-19-13/h5-6,17H,3-4,7-9H2,1-2H3. The molecule has 0 aromatic heterocycles. The number of ether oxygens (including phenoxy) is 2. The molecule has 1 fully saturated rings. The lowest BCUT2D eigenvalue weighted by atomic mass is 9.85. The van der Waals surface area contributed by atoms with Crippen LogP contribution < -0.4 is 9.47 Å². The van der Waals surface area contributed by atoms with Crippen molar-refractivity contribution < 1.29 is 14.6 Å². The number of hydrogen-bond acceptors (Lipinski definition) is 3. The highest BCUT2D eigenvalue weighted by Gasteiger charge is 2.46. The van der Waals surface area contributed by atoms with E-state index in [0.717, 1.165) is 18.4 Å². The molecule has 3 nitrogen and oxygen atoms in total. The molecule has 0 amide bonds. The average Bonchev–Trinajstić information content (AvgIpc) is 3.17. The molecule has 4 heteroatoms. The van der Waals surface area contributed by atoms with E-state index in [0.29, 0.717) is 29.7 Å². The summed E-state index contributed by atoms with van der Waals surface area (Å²) in [5.74, 6) is 1.34. The number of benzene rings is 1. The summed E-state index contributed by atoms with van der Waals surface area (Å²) in [5, 5.41) is 10.0. The van der Waals surface area contributed by atoms with Gasteiger partial charge in [0.1, 0.15) is 0 Å². The van der Waals surface area contributed by atoms with Crippen molar-refractivity contribution in [2.24, 2.45) is 5.41 Å². The molecule has 1 spiro atoms. The maximum Gasteiger partial charge on any atom is 0.179 e. The molecule has 3 rings (SSSR count). The zero-order valence-electron chi connectivity index (χ0n) is 11.3. The van der Waals surface area contributed by atoms with E-state index in [2.05, 4.69) is 0 Å². The number of aliphatic hydroxyl groups is 1. The van der Waals surface area contributed by atoms with E-state index in [1.54, 1.807) is 0 Å². The zero-order valence-corrected chi connectivity index (χ0v) is 12.1. The van der Waals surface area contributed by atoms with Crippen molar-refractivity contribution in [3.05, 3.63) is 22.7 Å². The normalized spacial score (nSPS) is 20.2. The van der Waals surface area contributed by atoms with Crippen LogP contribution in [0.5, 0.6) is 11.5 Å². The minimum absolute atomic E-state index is 0.0624. The quantitative estimate of drug-likeness (QED) is 0.905. The molecule has 0 bridgehead atoms. The first-order valence-electron chi connectivity index (χ1n) is 6.66. The van der Waals surface area contributed by atoms with Gasteiger partial charge in [-0.3, -0.25) is 0 Å². The zero-order chi connectivity index (χ0) is 13.7. The van der Waals surface area contributed by atoms with Gasteiger partial charge >= 0.3 is 0 Å². The van der Waals surface area contributed by atoms with Gasteiger partial charge in [0.15, 0.2) is 11.5 Å². The van der Waals surface area contributed by atoms with E-state index in [-0.39, 0.29) is 17.4 Å².